The lowest BCUT2D eigenvalue weighted by molar-refractivity contribution is 0.414. The summed E-state index contributed by atoms with van der Waals surface area (Å²) in [5.41, 5.74) is 8.52. The van der Waals surface area contributed by atoms with Crippen LogP contribution in [0.3, 0.4) is 0 Å². The van der Waals surface area contributed by atoms with Crippen LogP contribution in [-0.4, -0.2) is 25.8 Å². The summed E-state index contributed by atoms with van der Waals surface area (Å²) in [7, 11) is -2.00. The molecular formula is C12H21N3O2S. The third kappa shape index (κ3) is 2.94. The molecular weight excluding hydrogens is 250 g/mol. The van der Waals surface area contributed by atoms with Crippen molar-refractivity contribution in [1.29, 1.82) is 0 Å². The fourth-order valence-electron chi connectivity index (χ4n) is 1.50. The standard InChI is InChI=1S/C12H21N3O2S/c1-8(2)15(5)18(16,17)14-12-9(3)6-7-11(13)10(12)4/h6-8,14H,13H2,1-5H3. The van der Waals surface area contributed by atoms with Gasteiger partial charge in [0.25, 0.3) is 0 Å². The molecule has 1 aromatic carbocycles. The lowest BCUT2D eigenvalue weighted by Crippen LogP contribution is -2.37. The summed E-state index contributed by atoms with van der Waals surface area (Å²) in [4.78, 5) is 0. The second-order valence-electron chi connectivity index (χ2n) is 4.69. The van der Waals surface area contributed by atoms with Gasteiger partial charge in [0.2, 0.25) is 0 Å². The van der Waals surface area contributed by atoms with Crippen molar-refractivity contribution in [2.75, 3.05) is 17.5 Å². The summed E-state index contributed by atoms with van der Waals surface area (Å²) < 4.78 is 28.1. The average molecular weight is 271 g/mol. The number of aryl methyl sites for hydroxylation is 1. The fraction of sp³-hybridized carbons (Fsp3) is 0.500. The molecule has 0 aromatic heterocycles. The Labute approximate surface area is 109 Å². The molecule has 0 bridgehead atoms. The molecule has 0 fully saturated rings. The zero-order valence-corrected chi connectivity index (χ0v) is 12.3. The highest BCUT2D eigenvalue weighted by Crippen LogP contribution is 2.26. The summed E-state index contributed by atoms with van der Waals surface area (Å²) in [6, 6.07) is 3.47. The third-order valence-electron chi connectivity index (χ3n) is 3.05. The van der Waals surface area contributed by atoms with Gasteiger partial charge in [0.15, 0.2) is 0 Å². The number of nitrogens with two attached hydrogens (primary N) is 1. The maximum atomic E-state index is 12.1. The van der Waals surface area contributed by atoms with Gasteiger partial charge in [-0.2, -0.15) is 12.7 Å². The van der Waals surface area contributed by atoms with Crippen molar-refractivity contribution in [2.45, 2.75) is 33.7 Å². The highest BCUT2D eigenvalue weighted by atomic mass is 32.2. The number of anilines is 2. The predicted molar refractivity (Wildman–Crippen MR) is 75.8 cm³/mol. The summed E-state index contributed by atoms with van der Waals surface area (Å²) in [6.45, 7) is 7.28. The zero-order chi connectivity index (χ0) is 14.1. The van der Waals surface area contributed by atoms with Gasteiger partial charge in [-0.1, -0.05) is 6.07 Å². The Bertz CT molecular complexity index is 538. The third-order valence-corrected chi connectivity index (χ3v) is 4.69. The molecule has 5 nitrogen and oxygen atoms in total. The Hall–Kier alpha value is -1.27. The molecule has 1 aromatic rings. The van der Waals surface area contributed by atoms with Crippen molar-refractivity contribution in [3.63, 3.8) is 0 Å². The number of benzene rings is 1. The maximum Gasteiger partial charge on any atom is 0.301 e. The first-order valence-corrected chi connectivity index (χ1v) is 7.22. The molecule has 0 saturated carbocycles. The van der Waals surface area contributed by atoms with Gasteiger partial charge >= 0.3 is 10.2 Å². The Morgan fingerprint density at radius 2 is 1.83 bits per heavy atom. The molecule has 102 valence electrons. The minimum Gasteiger partial charge on any atom is -0.398 e. The average Bonchev–Trinajstić information content (AvgIpc) is 2.28. The number of nitrogens with one attached hydrogen (secondary N) is 1. The predicted octanol–water partition coefficient (Wildman–Crippen LogP) is 1.88. The summed E-state index contributed by atoms with van der Waals surface area (Å²) in [6.07, 6.45) is 0. The van der Waals surface area contributed by atoms with Crippen LogP contribution in [0.1, 0.15) is 25.0 Å². The molecule has 0 amide bonds. The number of rotatable bonds is 4. The molecule has 18 heavy (non-hydrogen) atoms. The van der Waals surface area contributed by atoms with E-state index in [0.29, 0.717) is 11.4 Å². The Balaban J connectivity index is 3.17. The quantitative estimate of drug-likeness (QED) is 0.821. The molecule has 0 saturated heterocycles. The molecule has 0 aliphatic heterocycles. The van der Waals surface area contributed by atoms with Crippen LogP contribution >= 0.6 is 0 Å². The second-order valence-corrected chi connectivity index (χ2v) is 6.42. The molecule has 0 atom stereocenters. The highest BCUT2D eigenvalue weighted by molar-refractivity contribution is 7.90. The van der Waals surface area contributed by atoms with Gasteiger partial charge in [0.1, 0.15) is 0 Å². The van der Waals surface area contributed by atoms with Crippen LogP contribution in [-0.2, 0) is 10.2 Å². The van der Waals surface area contributed by atoms with E-state index in [9.17, 15) is 8.42 Å². The normalized spacial score (nSPS) is 12.2. The lowest BCUT2D eigenvalue weighted by atomic mass is 10.1. The molecule has 0 radical (unpaired) electrons. The van der Waals surface area contributed by atoms with E-state index in [-0.39, 0.29) is 6.04 Å². The van der Waals surface area contributed by atoms with Crippen molar-refractivity contribution in [2.24, 2.45) is 0 Å². The topological polar surface area (TPSA) is 75.4 Å². The summed E-state index contributed by atoms with van der Waals surface area (Å²) in [5.74, 6) is 0. The van der Waals surface area contributed by atoms with E-state index in [2.05, 4.69) is 4.72 Å². The van der Waals surface area contributed by atoms with Crippen LogP contribution < -0.4 is 10.5 Å². The Kier molecular flexibility index (Phi) is 4.24. The molecule has 0 aliphatic rings. The van der Waals surface area contributed by atoms with Crippen LogP contribution in [0.15, 0.2) is 12.1 Å². The van der Waals surface area contributed by atoms with E-state index in [0.717, 1.165) is 11.1 Å². The van der Waals surface area contributed by atoms with Gasteiger partial charge < -0.3 is 5.73 Å². The minimum atomic E-state index is -3.55. The van der Waals surface area contributed by atoms with Crippen molar-refractivity contribution in [3.8, 4) is 0 Å². The maximum absolute atomic E-state index is 12.1. The SMILES string of the molecule is Cc1ccc(N)c(C)c1NS(=O)(=O)N(C)C(C)C. The van der Waals surface area contributed by atoms with Gasteiger partial charge in [-0.25, -0.2) is 0 Å². The van der Waals surface area contributed by atoms with E-state index in [1.54, 1.807) is 26.1 Å². The zero-order valence-electron chi connectivity index (χ0n) is 11.5. The van der Waals surface area contributed by atoms with Crippen LogP contribution in [0.25, 0.3) is 0 Å². The first-order valence-electron chi connectivity index (χ1n) is 5.78. The number of nitrogen functional groups attached to an aromatic ring is 1. The van der Waals surface area contributed by atoms with Gasteiger partial charge in [0, 0.05) is 18.8 Å². The van der Waals surface area contributed by atoms with E-state index in [1.807, 2.05) is 20.8 Å². The smallest absolute Gasteiger partial charge is 0.301 e. The van der Waals surface area contributed by atoms with Crippen LogP contribution in [0.2, 0.25) is 0 Å². The van der Waals surface area contributed by atoms with Gasteiger partial charge in [0.05, 0.1) is 5.69 Å². The van der Waals surface area contributed by atoms with E-state index in [1.165, 1.54) is 4.31 Å². The van der Waals surface area contributed by atoms with Crippen LogP contribution in [0, 0.1) is 13.8 Å². The number of hydrogen-bond donors (Lipinski definition) is 2. The van der Waals surface area contributed by atoms with Crippen LogP contribution in [0.4, 0.5) is 11.4 Å². The monoisotopic (exact) mass is 271 g/mol. The molecule has 0 spiro atoms. The van der Waals surface area contributed by atoms with Crippen molar-refractivity contribution in [3.05, 3.63) is 23.3 Å². The van der Waals surface area contributed by atoms with Crippen LogP contribution in [0.5, 0.6) is 0 Å². The van der Waals surface area contributed by atoms with Crippen molar-refractivity contribution in [1.82, 2.24) is 4.31 Å². The van der Waals surface area contributed by atoms with Gasteiger partial charge in [-0.05, 0) is 44.9 Å². The second kappa shape index (κ2) is 5.16. The number of hydrogen-bond acceptors (Lipinski definition) is 3. The van der Waals surface area contributed by atoms with E-state index in [4.69, 9.17) is 5.73 Å². The molecule has 6 heteroatoms. The van der Waals surface area contributed by atoms with Crippen molar-refractivity contribution >= 4 is 21.6 Å². The van der Waals surface area contributed by atoms with E-state index < -0.39 is 10.2 Å². The molecule has 0 unspecified atom stereocenters. The molecule has 3 N–H and O–H groups in total. The summed E-state index contributed by atoms with van der Waals surface area (Å²) in [5, 5.41) is 0. The fourth-order valence-corrected chi connectivity index (χ4v) is 2.77. The molecule has 1 rings (SSSR count). The minimum absolute atomic E-state index is 0.107. The first kappa shape index (κ1) is 14.8. The van der Waals surface area contributed by atoms with Gasteiger partial charge in [-0.15, -0.1) is 0 Å². The lowest BCUT2D eigenvalue weighted by Gasteiger charge is -2.23. The highest BCUT2D eigenvalue weighted by Gasteiger charge is 2.22. The number of nitrogens with zero attached hydrogens (tertiary/aromatic N) is 1. The summed E-state index contributed by atoms with van der Waals surface area (Å²) >= 11 is 0. The Morgan fingerprint density at radius 1 is 1.28 bits per heavy atom. The largest absolute Gasteiger partial charge is 0.398 e. The van der Waals surface area contributed by atoms with Gasteiger partial charge in [-0.3, -0.25) is 4.72 Å². The van der Waals surface area contributed by atoms with E-state index >= 15 is 0 Å². The first-order chi connectivity index (χ1) is 8.16. The molecule has 0 aliphatic carbocycles. The molecule has 0 heterocycles. The Morgan fingerprint density at radius 3 is 2.33 bits per heavy atom. The van der Waals surface area contributed by atoms with Crippen molar-refractivity contribution < 1.29 is 8.42 Å².